The zero-order valence-corrected chi connectivity index (χ0v) is 19.4. The molecule has 0 aliphatic carbocycles. The van der Waals surface area contributed by atoms with E-state index in [0.717, 1.165) is 33.2 Å². The Morgan fingerprint density at radius 2 is 1.94 bits per heavy atom. The summed E-state index contributed by atoms with van der Waals surface area (Å²) in [6, 6.07) is 3.70. The van der Waals surface area contributed by atoms with Crippen molar-refractivity contribution in [2.45, 2.75) is 40.9 Å². The van der Waals surface area contributed by atoms with Crippen LogP contribution in [0.1, 0.15) is 11.7 Å². The third-order valence-corrected chi connectivity index (χ3v) is 7.57. The van der Waals surface area contributed by atoms with Crippen molar-refractivity contribution in [2.24, 2.45) is 0 Å². The number of rotatable bonds is 5. The number of hydrogen-bond acceptors (Lipinski definition) is 9. The minimum atomic E-state index is -4.60. The fourth-order valence-electron chi connectivity index (χ4n) is 3.20. The van der Waals surface area contributed by atoms with Crippen LogP contribution in [0.5, 0.6) is 0 Å². The highest BCUT2D eigenvalue weighted by Crippen LogP contribution is 2.40. The fraction of sp³-hybridized carbons (Fsp3) is 0.389. The number of alkyl halides is 3. The normalized spacial score (nSPS) is 26.0. The molecule has 1 fully saturated rings. The summed E-state index contributed by atoms with van der Waals surface area (Å²) in [7, 11) is 0. The Labute approximate surface area is 202 Å². The second kappa shape index (κ2) is 9.66. The van der Waals surface area contributed by atoms with Crippen molar-refractivity contribution in [3.63, 3.8) is 0 Å². The molecule has 2 aromatic heterocycles. The lowest BCUT2D eigenvalue weighted by Crippen LogP contribution is -2.55. The highest BCUT2D eigenvalue weighted by atomic mass is 35.5. The van der Waals surface area contributed by atoms with Gasteiger partial charge in [0.25, 0.3) is 0 Å². The van der Waals surface area contributed by atoms with Gasteiger partial charge in [0.15, 0.2) is 5.69 Å². The van der Waals surface area contributed by atoms with Crippen LogP contribution in [0.25, 0.3) is 10.7 Å². The molecular formula is C18H15Cl2F3N4O4S2. The maximum absolute atomic E-state index is 12.8. The van der Waals surface area contributed by atoms with Gasteiger partial charge in [-0.15, -0.1) is 16.4 Å². The number of aliphatic hydroxyl groups is 3. The largest absolute Gasteiger partial charge is 0.434 e. The van der Waals surface area contributed by atoms with Crippen LogP contribution >= 0.6 is 46.3 Å². The molecule has 0 saturated carbocycles. The average molecular weight is 543 g/mol. The van der Waals surface area contributed by atoms with Crippen LogP contribution < -0.4 is 0 Å². The van der Waals surface area contributed by atoms with Gasteiger partial charge >= 0.3 is 6.18 Å². The monoisotopic (exact) mass is 542 g/mol. The molecule has 0 bridgehead atoms. The molecular weight excluding hydrogens is 528 g/mol. The van der Waals surface area contributed by atoms with Crippen LogP contribution in [0.3, 0.4) is 0 Å². The van der Waals surface area contributed by atoms with E-state index in [2.05, 4.69) is 15.3 Å². The highest BCUT2D eigenvalue weighted by Gasteiger charge is 2.46. The predicted molar refractivity (Wildman–Crippen MR) is 115 cm³/mol. The number of thiazole rings is 1. The molecule has 0 spiro atoms. The van der Waals surface area contributed by atoms with Crippen LogP contribution in [0.15, 0.2) is 34.7 Å². The zero-order chi connectivity index (χ0) is 23.9. The lowest BCUT2D eigenvalue weighted by molar-refractivity contribution is -0.178. The zero-order valence-electron chi connectivity index (χ0n) is 16.2. The fourth-order valence-corrected chi connectivity index (χ4v) is 5.44. The first kappa shape index (κ1) is 24.7. The Hall–Kier alpha value is -1.45. The summed E-state index contributed by atoms with van der Waals surface area (Å²) >= 11 is 13.8. The van der Waals surface area contributed by atoms with Crippen molar-refractivity contribution in [1.29, 1.82) is 0 Å². The van der Waals surface area contributed by atoms with Crippen LogP contribution in [-0.4, -0.2) is 65.7 Å². The Morgan fingerprint density at radius 3 is 2.58 bits per heavy atom. The van der Waals surface area contributed by atoms with Crippen LogP contribution in [0.4, 0.5) is 13.2 Å². The molecule has 178 valence electrons. The third kappa shape index (κ3) is 5.15. The second-order valence-corrected chi connectivity index (χ2v) is 9.85. The van der Waals surface area contributed by atoms with Gasteiger partial charge in [-0.1, -0.05) is 40.2 Å². The quantitative estimate of drug-likeness (QED) is 0.449. The summed E-state index contributed by atoms with van der Waals surface area (Å²) in [4.78, 5) is 4.14. The number of thioether (sulfide) groups is 1. The van der Waals surface area contributed by atoms with Gasteiger partial charge in [0.05, 0.1) is 22.8 Å². The first-order valence-electron chi connectivity index (χ1n) is 9.27. The van der Waals surface area contributed by atoms with Gasteiger partial charge < -0.3 is 20.1 Å². The number of ether oxygens (including phenoxy) is 1. The number of aliphatic hydroxyl groups excluding tert-OH is 3. The van der Waals surface area contributed by atoms with Gasteiger partial charge in [0.1, 0.15) is 40.5 Å². The molecule has 1 aromatic carbocycles. The standard InChI is InChI=1S/C18H15Cl2F3N4O4S2/c19-8-2-1-7(3-9(8)20)33-17-15(30)13(14(29)11(5-28)31-17)27-4-10(25-26-27)16-24-12(6-32-16)18(21,22)23/h1-4,6,11,13-15,17,28-30H,5H2/t11?,13-,14-,15?,17+/m0/s1. The number of benzene rings is 1. The molecule has 0 radical (unpaired) electrons. The van der Waals surface area contributed by atoms with Crippen molar-refractivity contribution < 1.29 is 33.2 Å². The topological polar surface area (TPSA) is 114 Å². The van der Waals surface area contributed by atoms with E-state index < -0.39 is 48.3 Å². The van der Waals surface area contributed by atoms with Crippen molar-refractivity contribution in [3.8, 4) is 10.7 Å². The van der Waals surface area contributed by atoms with Crippen LogP contribution in [0.2, 0.25) is 10.0 Å². The lowest BCUT2D eigenvalue weighted by Gasteiger charge is -2.41. The summed E-state index contributed by atoms with van der Waals surface area (Å²) in [5.74, 6) is 0. The Kier molecular flexibility index (Phi) is 7.22. The minimum Gasteiger partial charge on any atom is -0.394 e. The number of aromatic nitrogens is 4. The van der Waals surface area contributed by atoms with Crippen LogP contribution in [0, 0.1) is 0 Å². The number of nitrogens with zero attached hydrogens (tertiary/aromatic N) is 4. The van der Waals surface area contributed by atoms with Crippen molar-refractivity contribution in [1.82, 2.24) is 20.0 Å². The van der Waals surface area contributed by atoms with Gasteiger partial charge in [0, 0.05) is 10.3 Å². The predicted octanol–water partition coefficient (Wildman–Crippen LogP) is 3.50. The second-order valence-electron chi connectivity index (χ2n) is 7.01. The van der Waals surface area contributed by atoms with E-state index in [1.54, 1.807) is 18.2 Å². The number of halogens is 5. The molecule has 3 heterocycles. The molecule has 1 aliphatic rings. The first-order valence-corrected chi connectivity index (χ1v) is 11.8. The highest BCUT2D eigenvalue weighted by molar-refractivity contribution is 7.99. The van der Waals surface area contributed by atoms with E-state index in [-0.39, 0.29) is 10.7 Å². The van der Waals surface area contributed by atoms with E-state index in [1.807, 2.05) is 0 Å². The third-order valence-electron chi connectivity index (χ3n) is 4.82. The Balaban J connectivity index is 1.60. The van der Waals surface area contributed by atoms with E-state index in [1.165, 1.54) is 6.20 Å². The smallest absolute Gasteiger partial charge is 0.394 e. The molecule has 1 saturated heterocycles. The van der Waals surface area contributed by atoms with Crippen molar-refractivity contribution >= 4 is 46.3 Å². The maximum Gasteiger partial charge on any atom is 0.434 e. The summed E-state index contributed by atoms with van der Waals surface area (Å²) in [5, 5.41) is 40.5. The van der Waals surface area contributed by atoms with Gasteiger partial charge in [0.2, 0.25) is 0 Å². The van der Waals surface area contributed by atoms with E-state index >= 15 is 0 Å². The van der Waals surface area contributed by atoms with Gasteiger partial charge in [-0.3, -0.25) is 0 Å². The lowest BCUT2D eigenvalue weighted by atomic mass is 9.97. The molecule has 1 aliphatic heterocycles. The van der Waals surface area contributed by atoms with E-state index in [0.29, 0.717) is 14.9 Å². The minimum absolute atomic E-state index is 0.0231. The number of hydrogen-bond donors (Lipinski definition) is 3. The summed E-state index contributed by atoms with van der Waals surface area (Å²) in [6.45, 7) is -0.550. The van der Waals surface area contributed by atoms with Crippen molar-refractivity contribution in [2.75, 3.05) is 6.61 Å². The SMILES string of the molecule is OCC1O[C@H](Sc2ccc(Cl)c(Cl)c2)C(O)[C@@H](n2cc(-c3nc(C(F)(F)F)cs3)nn2)[C@H]1O. The molecule has 33 heavy (non-hydrogen) atoms. The molecule has 15 heteroatoms. The molecule has 4 rings (SSSR count). The Morgan fingerprint density at radius 1 is 1.18 bits per heavy atom. The van der Waals surface area contributed by atoms with Gasteiger partial charge in [-0.2, -0.15) is 13.2 Å². The van der Waals surface area contributed by atoms with E-state index in [4.69, 9.17) is 27.9 Å². The van der Waals surface area contributed by atoms with Gasteiger partial charge in [-0.25, -0.2) is 9.67 Å². The first-order chi connectivity index (χ1) is 15.6. The van der Waals surface area contributed by atoms with Gasteiger partial charge in [-0.05, 0) is 18.2 Å². The van der Waals surface area contributed by atoms with Crippen LogP contribution in [-0.2, 0) is 10.9 Å². The van der Waals surface area contributed by atoms with Crippen molar-refractivity contribution in [3.05, 3.63) is 45.5 Å². The molecule has 8 nitrogen and oxygen atoms in total. The molecule has 2 unspecified atom stereocenters. The summed E-state index contributed by atoms with van der Waals surface area (Å²) in [6.07, 6.45) is -7.10. The van der Waals surface area contributed by atoms with E-state index in [9.17, 15) is 28.5 Å². The average Bonchev–Trinajstić information content (AvgIpc) is 3.42. The summed E-state index contributed by atoms with van der Waals surface area (Å²) < 4.78 is 45.3. The molecule has 5 atom stereocenters. The maximum atomic E-state index is 12.8. The summed E-state index contributed by atoms with van der Waals surface area (Å²) in [5.41, 5.74) is -1.96. The molecule has 3 aromatic rings. The Bertz CT molecular complexity index is 1130. The molecule has 3 N–H and O–H groups in total. The molecule has 0 amide bonds.